The molecule has 9 heteroatoms. The van der Waals surface area contributed by atoms with Crippen molar-refractivity contribution >= 4 is 0 Å². The van der Waals surface area contributed by atoms with Gasteiger partial charge in [0, 0.05) is 34.6 Å². The molecular formula is C23H17Cl3FMnN2O2. The number of phenols is 2. The summed E-state index contributed by atoms with van der Waals surface area (Å²) in [5.41, 5.74) is 4.83. The summed E-state index contributed by atoms with van der Waals surface area (Å²) in [5, 5.41) is 20.0. The van der Waals surface area contributed by atoms with Gasteiger partial charge in [-0.1, -0.05) is 36.4 Å². The van der Waals surface area contributed by atoms with Crippen molar-refractivity contribution in [1.82, 2.24) is 9.97 Å². The number of benzene rings is 2. The van der Waals surface area contributed by atoms with E-state index in [0.29, 0.717) is 22.5 Å². The normalized spacial score (nSPS) is 9.44. The van der Waals surface area contributed by atoms with Crippen molar-refractivity contribution < 1.29 is 68.9 Å². The van der Waals surface area contributed by atoms with E-state index in [4.69, 9.17) is 0 Å². The number of aromatic hydroxyl groups is 2. The van der Waals surface area contributed by atoms with Crippen molar-refractivity contribution in [3.63, 3.8) is 0 Å². The summed E-state index contributed by atoms with van der Waals surface area (Å²) in [6.07, 6.45) is 3.26. The van der Waals surface area contributed by atoms with Gasteiger partial charge in [-0.3, -0.25) is 9.97 Å². The Labute approximate surface area is 214 Å². The second-order valence-electron chi connectivity index (χ2n) is 6.52. The van der Waals surface area contributed by atoms with Crippen LogP contribution < -0.4 is 37.2 Å². The third kappa shape index (κ3) is 6.12. The number of rotatable bonds is 3. The Morgan fingerprint density at radius 2 is 1.28 bits per heavy atom. The van der Waals surface area contributed by atoms with E-state index in [-0.39, 0.29) is 60.0 Å². The van der Waals surface area contributed by atoms with E-state index >= 15 is 0 Å². The molecule has 0 atom stereocenters. The van der Waals surface area contributed by atoms with Gasteiger partial charge in [0.25, 0.3) is 0 Å². The van der Waals surface area contributed by atoms with Crippen LogP contribution in [0.1, 0.15) is 5.56 Å². The van der Waals surface area contributed by atoms with Crippen molar-refractivity contribution in [2.24, 2.45) is 0 Å². The molecule has 2 N–H and O–H groups in total. The van der Waals surface area contributed by atoms with Gasteiger partial charge in [0.1, 0.15) is 5.75 Å². The maximum absolute atomic E-state index is 13.5. The zero-order chi connectivity index (χ0) is 19.7. The van der Waals surface area contributed by atoms with Gasteiger partial charge < -0.3 is 47.4 Å². The molecule has 4 aromatic rings. The Balaban J connectivity index is 0.00000240. The summed E-state index contributed by atoms with van der Waals surface area (Å²) in [7, 11) is 0. The predicted octanol–water partition coefficient (Wildman–Crippen LogP) is -3.65. The molecule has 2 aromatic heterocycles. The monoisotopic (exact) mass is 532 g/mol. The van der Waals surface area contributed by atoms with Crippen molar-refractivity contribution in [3.8, 4) is 45.1 Å². The summed E-state index contributed by atoms with van der Waals surface area (Å²) in [6.45, 7) is 1.92. The van der Waals surface area contributed by atoms with E-state index in [2.05, 4.69) is 9.97 Å². The Morgan fingerprint density at radius 1 is 0.719 bits per heavy atom. The van der Waals surface area contributed by atoms with Crippen molar-refractivity contribution in [2.45, 2.75) is 6.92 Å². The van der Waals surface area contributed by atoms with Crippen molar-refractivity contribution in [2.75, 3.05) is 0 Å². The molecule has 0 bridgehead atoms. The minimum atomic E-state index is -0.668. The molecule has 0 aliphatic rings. The zero-order valence-corrected chi connectivity index (χ0v) is 20.1. The Bertz CT molecular complexity index is 1160. The van der Waals surface area contributed by atoms with Crippen LogP contribution in [0.4, 0.5) is 4.39 Å². The molecule has 0 spiro atoms. The fraction of sp³-hybridized carbons (Fsp3) is 0.0435. The predicted molar refractivity (Wildman–Crippen MR) is 106 cm³/mol. The Kier molecular flexibility index (Phi) is 11.7. The van der Waals surface area contributed by atoms with Crippen LogP contribution in [0.5, 0.6) is 11.5 Å². The molecule has 0 saturated carbocycles. The zero-order valence-electron chi connectivity index (χ0n) is 16.6. The number of hydrogen-bond acceptors (Lipinski definition) is 4. The SMILES string of the molecule is Cc1ccc(-c2ccc(-c3ccc(-c4cccc(F)c4O)cn3)nc2)c(O)c1.[Cl-].[Cl-].[Cl-].[Mn+3]. The van der Waals surface area contributed by atoms with E-state index in [1.165, 1.54) is 6.07 Å². The first-order chi connectivity index (χ1) is 13.5. The third-order valence-electron chi connectivity index (χ3n) is 4.55. The molecule has 0 unspecified atom stereocenters. The number of para-hydroxylation sites is 1. The standard InChI is InChI=1S/C23H17FN2O2.3ClH.Mn/c1-14-5-8-17(22(27)11-14)15-6-9-20(25-12-15)21-10-7-16(13-26-21)18-3-2-4-19(24)23(18)28;;;;/h2-13,27-28H,1H3;3*1H;/q;;;;+3/p-3. The van der Waals surface area contributed by atoms with Gasteiger partial charge in [-0.05, 0) is 36.8 Å². The molecule has 0 aliphatic carbocycles. The molecule has 0 amide bonds. The van der Waals surface area contributed by atoms with Gasteiger partial charge >= 0.3 is 17.1 Å². The second kappa shape index (κ2) is 12.6. The molecular weight excluding hydrogens is 517 g/mol. The van der Waals surface area contributed by atoms with Crippen LogP contribution in [0, 0.1) is 12.7 Å². The molecule has 4 nitrogen and oxygen atoms in total. The number of phenolic OH excluding ortho intramolecular Hbond substituents is 2. The summed E-state index contributed by atoms with van der Waals surface area (Å²) in [4.78, 5) is 8.82. The molecule has 0 saturated heterocycles. The molecule has 0 aliphatic heterocycles. The molecule has 0 radical (unpaired) electrons. The van der Waals surface area contributed by atoms with Gasteiger partial charge in [-0.15, -0.1) is 0 Å². The maximum Gasteiger partial charge on any atom is 3.00 e. The van der Waals surface area contributed by atoms with Gasteiger partial charge in [0.15, 0.2) is 11.6 Å². The van der Waals surface area contributed by atoms with Crippen molar-refractivity contribution in [1.29, 1.82) is 0 Å². The van der Waals surface area contributed by atoms with E-state index in [1.807, 2.05) is 31.2 Å². The number of pyridine rings is 2. The topological polar surface area (TPSA) is 66.2 Å². The van der Waals surface area contributed by atoms with Crippen LogP contribution in [-0.4, -0.2) is 20.2 Å². The molecule has 166 valence electrons. The second-order valence-corrected chi connectivity index (χ2v) is 6.52. The maximum atomic E-state index is 13.5. The molecule has 0 fully saturated rings. The van der Waals surface area contributed by atoms with Crippen LogP contribution in [-0.2, 0) is 17.1 Å². The fourth-order valence-corrected chi connectivity index (χ4v) is 3.04. The first-order valence-electron chi connectivity index (χ1n) is 8.73. The number of nitrogens with zero attached hydrogens (tertiary/aromatic N) is 2. The van der Waals surface area contributed by atoms with Crippen LogP contribution in [0.2, 0.25) is 0 Å². The van der Waals surface area contributed by atoms with E-state index in [1.54, 1.807) is 42.7 Å². The smallest absolute Gasteiger partial charge is 1.00 e. The Hall–Kier alpha value is -2.34. The third-order valence-corrected chi connectivity index (χ3v) is 4.55. The van der Waals surface area contributed by atoms with Gasteiger partial charge in [0.2, 0.25) is 0 Å². The van der Waals surface area contributed by atoms with Crippen LogP contribution >= 0.6 is 0 Å². The van der Waals surface area contributed by atoms with E-state index in [9.17, 15) is 14.6 Å². The largest absolute Gasteiger partial charge is 3.00 e. The molecule has 2 aromatic carbocycles. The van der Waals surface area contributed by atoms with Crippen LogP contribution in [0.3, 0.4) is 0 Å². The van der Waals surface area contributed by atoms with Crippen LogP contribution in [0.15, 0.2) is 73.1 Å². The fourth-order valence-electron chi connectivity index (χ4n) is 3.04. The minimum Gasteiger partial charge on any atom is -1.00 e. The summed E-state index contributed by atoms with van der Waals surface area (Å²) in [6, 6.07) is 17.1. The summed E-state index contributed by atoms with van der Waals surface area (Å²) in [5.74, 6) is -0.845. The Morgan fingerprint density at radius 3 is 1.78 bits per heavy atom. The number of aryl methyl sites for hydroxylation is 1. The van der Waals surface area contributed by atoms with Gasteiger partial charge in [-0.25, -0.2) is 4.39 Å². The average molecular weight is 534 g/mol. The molecule has 4 rings (SSSR count). The minimum absolute atomic E-state index is 0. The first kappa shape index (κ1) is 29.7. The summed E-state index contributed by atoms with van der Waals surface area (Å²) < 4.78 is 13.5. The van der Waals surface area contributed by atoms with Gasteiger partial charge in [0.05, 0.1) is 11.4 Å². The molecule has 2 heterocycles. The average Bonchev–Trinajstić information content (AvgIpc) is 2.71. The number of hydrogen-bond donors (Lipinski definition) is 2. The van der Waals surface area contributed by atoms with Gasteiger partial charge in [-0.2, -0.15) is 0 Å². The van der Waals surface area contributed by atoms with Crippen LogP contribution in [0.25, 0.3) is 33.6 Å². The quantitative estimate of drug-likeness (QED) is 0.267. The number of halogens is 4. The molecule has 32 heavy (non-hydrogen) atoms. The summed E-state index contributed by atoms with van der Waals surface area (Å²) >= 11 is 0. The number of aromatic nitrogens is 2. The van der Waals surface area contributed by atoms with Crippen molar-refractivity contribution in [3.05, 3.63) is 84.4 Å². The first-order valence-corrected chi connectivity index (χ1v) is 8.73. The van der Waals surface area contributed by atoms with E-state index < -0.39 is 11.6 Å². The van der Waals surface area contributed by atoms with E-state index in [0.717, 1.165) is 16.7 Å².